The normalized spacial score (nSPS) is 12.7. The van der Waals surface area contributed by atoms with Gasteiger partial charge in [-0.1, -0.05) is 6.07 Å². The van der Waals surface area contributed by atoms with E-state index in [-0.39, 0.29) is 5.56 Å². The van der Waals surface area contributed by atoms with Gasteiger partial charge in [-0.3, -0.25) is 14.7 Å². The minimum Gasteiger partial charge on any atom is -0.493 e. The molecule has 5 rings (SSSR count). The maximum atomic E-state index is 13.8. The van der Waals surface area contributed by atoms with Crippen molar-refractivity contribution >= 4 is 10.9 Å². The summed E-state index contributed by atoms with van der Waals surface area (Å²) < 4.78 is 18.4. The van der Waals surface area contributed by atoms with Crippen LogP contribution in [0.5, 0.6) is 11.5 Å². The van der Waals surface area contributed by atoms with Crippen LogP contribution in [-0.4, -0.2) is 49.3 Å². The number of fused-ring (bicyclic) bond motifs is 1. The van der Waals surface area contributed by atoms with E-state index >= 15 is 0 Å². The molecular weight excluding hydrogens is 498 g/mol. The highest BCUT2D eigenvalue weighted by molar-refractivity contribution is 5.83. The van der Waals surface area contributed by atoms with Gasteiger partial charge in [0.15, 0.2) is 17.3 Å². The molecule has 1 atom stereocenters. The Balaban J connectivity index is 1.74. The molecule has 0 spiro atoms. The first-order valence-electron chi connectivity index (χ1n) is 12.5. The highest BCUT2D eigenvalue weighted by atomic mass is 16.5. The van der Waals surface area contributed by atoms with Crippen molar-refractivity contribution in [2.24, 2.45) is 0 Å². The molecule has 0 saturated heterocycles. The second kappa shape index (κ2) is 10.7. The quantitative estimate of drug-likeness (QED) is 0.301. The number of nitrogens with one attached hydrogen (secondary N) is 1. The lowest BCUT2D eigenvalue weighted by Gasteiger charge is -2.32. The van der Waals surface area contributed by atoms with E-state index in [9.17, 15) is 4.79 Å². The first kappa shape index (κ1) is 26.1. The lowest BCUT2D eigenvalue weighted by atomic mass is 10.0. The van der Waals surface area contributed by atoms with Gasteiger partial charge in [-0.05, 0) is 67.1 Å². The van der Waals surface area contributed by atoms with Crippen molar-refractivity contribution in [2.75, 3.05) is 14.2 Å². The summed E-state index contributed by atoms with van der Waals surface area (Å²) in [6.07, 6.45) is 5.17. The van der Waals surface area contributed by atoms with Gasteiger partial charge in [0.2, 0.25) is 0 Å². The predicted octanol–water partition coefficient (Wildman–Crippen LogP) is 4.07. The van der Waals surface area contributed by atoms with Crippen LogP contribution in [0.4, 0.5) is 0 Å². The first-order chi connectivity index (χ1) is 18.8. The van der Waals surface area contributed by atoms with Crippen LogP contribution in [0, 0.1) is 0 Å². The number of furan rings is 1. The number of hydrogen-bond acceptors (Lipinski definition) is 9. The van der Waals surface area contributed by atoms with Crippen LogP contribution in [0.15, 0.2) is 70.3 Å². The summed E-state index contributed by atoms with van der Waals surface area (Å²) >= 11 is 0. The molecule has 0 unspecified atom stereocenters. The van der Waals surface area contributed by atoms with E-state index in [1.807, 2.05) is 57.2 Å². The highest BCUT2D eigenvalue weighted by Crippen LogP contribution is 2.35. The van der Waals surface area contributed by atoms with Crippen LogP contribution in [0.1, 0.15) is 49.5 Å². The molecule has 0 fully saturated rings. The second-order valence-corrected chi connectivity index (χ2v) is 10.2. The van der Waals surface area contributed by atoms with Gasteiger partial charge < -0.3 is 18.9 Å². The summed E-state index contributed by atoms with van der Waals surface area (Å²) in [5, 5.41) is 13.6. The Labute approximate surface area is 225 Å². The lowest BCUT2D eigenvalue weighted by Crippen LogP contribution is -2.37. The van der Waals surface area contributed by atoms with E-state index in [0.29, 0.717) is 41.5 Å². The number of rotatable bonds is 9. The average molecular weight is 530 g/mol. The molecule has 0 radical (unpaired) electrons. The van der Waals surface area contributed by atoms with Crippen LogP contribution in [-0.2, 0) is 18.6 Å². The molecule has 1 aromatic carbocycles. The van der Waals surface area contributed by atoms with E-state index in [4.69, 9.17) is 13.9 Å². The lowest BCUT2D eigenvalue weighted by molar-refractivity contribution is 0.171. The van der Waals surface area contributed by atoms with Crippen LogP contribution >= 0.6 is 0 Å². The Bertz CT molecular complexity index is 1600. The monoisotopic (exact) mass is 529 g/mol. The standard InChI is InChI=1S/C28H31N7O4/c1-28(2,3)35-26(31-32-33-35)25(34(17-20-9-7-11-39-20)16-18-8-6-10-29-15-18)21-12-19-13-23(37-4)24(38-5)14-22(19)30-27(21)36/h6-15,25H,16-17H2,1-5H3,(H,30,36)/t25-/m1/s1. The van der Waals surface area contributed by atoms with Gasteiger partial charge >= 0.3 is 0 Å². The number of tetrazole rings is 1. The fourth-order valence-electron chi connectivity index (χ4n) is 4.66. The largest absolute Gasteiger partial charge is 0.493 e. The van der Waals surface area contributed by atoms with Crippen LogP contribution in [0.3, 0.4) is 0 Å². The minimum atomic E-state index is -0.634. The van der Waals surface area contributed by atoms with Crippen molar-refractivity contribution < 1.29 is 13.9 Å². The van der Waals surface area contributed by atoms with Gasteiger partial charge in [-0.25, -0.2) is 4.68 Å². The Hall–Kier alpha value is -4.51. The summed E-state index contributed by atoms with van der Waals surface area (Å²) in [4.78, 5) is 23.2. The number of ether oxygens (including phenoxy) is 2. The molecule has 4 heterocycles. The van der Waals surface area contributed by atoms with Crippen molar-refractivity contribution in [3.8, 4) is 11.5 Å². The van der Waals surface area contributed by atoms with E-state index in [2.05, 4.69) is 30.4 Å². The van der Waals surface area contributed by atoms with Gasteiger partial charge in [0.05, 0.1) is 38.1 Å². The summed E-state index contributed by atoms with van der Waals surface area (Å²) in [6.45, 7) is 6.91. The molecule has 0 bridgehead atoms. The minimum absolute atomic E-state index is 0.265. The average Bonchev–Trinajstić information content (AvgIpc) is 3.61. The van der Waals surface area contributed by atoms with Gasteiger partial charge in [0.25, 0.3) is 5.56 Å². The zero-order valence-electron chi connectivity index (χ0n) is 22.6. The molecule has 4 aromatic heterocycles. The fraction of sp³-hybridized carbons (Fsp3) is 0.321. The molecule has 1 N–H and O–H groups in total. The van der Waals surface area contributed by atoms with Crippen LogP contribution in [0.2, 0.25) is 0 Å². The number of H-pyrrole nitrogens is 1. The van der Waals surface area contributed by atoms with Gasteiger partial charge in [0.1, 0.15) is 11.8 Å². The highest BCUT2D eigenvalue weighted by Gasteiger charge is 2.34. The Morgan fingerprint density at radius 2 is 1.87 bits per heavy atom. The van der Waals surface area contributed by atoms with Crippen molar-refractivity contribution in [1.29, 1.82) is 0 Å². The van der Waals surface area contributed by atoms with Crippen molar-refractivity contribution in [2.45, 2.75) is 45.4 Å². The number of hydrogen-bond donors (Lipinski definition) is 1. The van der Waals surface area contributed by atoms with Gasteiger partial charge in [-0.2, -0.15) is 0 Å². The van der Waals surface area contributed by atoms with Crippen molar-refractivity contribution in [3.05, 3.63) is 94.2 Å². The van der Waals surface area contributed by atoms with E-state index in [1.165, 1.54) is 0 Å². The van der Waals surface area contributed by atoms with Crippen molar-refractivity contribution in [1.82, 2.24) is 35.1 Å². The number of methoxy groups -OCH3 is 2. The molecule has 0 saturated carbocycles. The third-order valence-corrected chi connectivity index (χ3v) is 6.46. The third kappa shape index (κ3) is 5.39. The SMILES string of the molecule is COc1cc2cc([C@H](c3nnnn3C(C)(C)C)N(Cc3cccnc3)Cc3ccco3)c(=O)[nH]c2cc1OC. The summed E-state index contributed by atoms with van der Waals surface area (Å²) in [5.74, 6) is 2.35. The summed E-state index contributed by atoms with van der Waals surface area (Å²) in [7, 11) is 3.14. The maximum Gasteiger partial charge on any atom is 0.253 e. The fourth-order valence-corrected chi connectivity index (χ4v) is 4.66. The molecule has 0 aliphatic heterocycles. The first-order valence-corrected chi connectivity index (χ1v) is 12.5. The molecule has 11 heteroatoms. The van der Waals surface area contributed by atoms with Gasteiger partial charge in [-0.15, -0.1) is 5.10 Å². The molecule has 202 valence electrons. The zero-order chi connectivity index (χ0) is 27.6. The Morgan fingerprint density at radius 3 is 2.54 bits per heavy atom. The number of nitrogens with zero attached hydrogens (tertiary/aromatic N) is 6. The van der Waals surface area contributed by atoms with Gasteiger partial charge in [0, 0.05) is 36.0 Å². The Kier molecular flexibility index (Phi) is 7.16. The van der Waals surface area contributed by atoms with E-state index < -0.39 is 11.6 Å². The smallest absolute Gasteiger partial charge is 0.253 e. The topological polar surface area (TPSA) is 124 Å². The number of aromatic nitrogens is 6. The predicted molar refractivity (Wildman–Crippen MR) is 145 cm³/mol. The molecule has 0 aliphatic rings. The second-order valence-electron chi connectivity index (χ2n) is 10.2. The molecule has 39 heavy (non-hydrogen) atoms. The summed E-state index contributed by atoms with van der Waals surface area (Å²) in [5.41, 5.74) is 1.36. The summed E-state index contributed by atoms with van der Waals surface area (Å²) in [6, 6.07) is 12.5. The van der Waals surface area contributed by atoms with Crippen molar-refractivity contribution in [3.63, 3.8) is 0 Å². The molecule has 11 nitrogen and oxygen atoms in total. The molecule has 0 aliphatic carbocycles. The van der Waals surface area contributed by atoms with Crippen LogP contribution < -0.4 is 15.0 Å². The molecule has 5 aromatic rings. The maximum absolute atomic E-state index is 13.8. The zero-order valence-corrected chi connectivity index (χ0v) is 22.6. The third-order valence-electron chi connectivity index (χ3n) is 6.46. The van der Waals surface area contributed by atoms with E-state index in [0.717, 1.165) is 16.7 Å². The number of pyridine rings is 2. The van der Waals surface area contributed by atoms with E-state index in [1.54, 1.807) is 43.6 Å². The van der Waals surface area contributed by atoms with Crippen LogP contribution in [0.25, 0.3) is 10.9 Å². The number of benzene rings is 1. The molecular formula is C28H31N7O4. The number of aromatic amines is 1. The Morgan fingerprint density at radius 1 is 1.08 bits per heavy atom. The molecule has 0 amide bonds.